The molecule has 2 atom stereocenters. The number of benzene rings is 1. The first kappa shape index (κ1) is 12.2. The van der Waals surface area contributed by atoms with Crippen molar-refractivity contribution in [3.63, 3.8) is 0 Å². The third kappa shape index (κ3) is 2.58. The zero-order chi connectivity index (χ0) is 11.5. The number of hydrogen-bond acceptors (Lipinski definition) is 2. The molecule has 0 bridgehead atoms. The van der Waals surface area contributed by atoms with E-state index in [0.717, 1.165) is 10.0 Å². The highest BCUT2D eigenvalue weighted by Crippen LogP contribution is 2.32. The molecule has 0 spiro atoms. The molecule has 0 saturated heterocycles. The molecule has 0 aliphatic rings. The fraction of sp³-hybridized carbons (Fsp3) is 0.417. The number of nitrogens with zero attached hydrogens (tertiary/aromatic N) is 1. The minimum Gasteiger partial charge on any atom is -0.384 e. The summed E-state index contributed by atoms with van der Waals surface area (Å²) in [5.74, 6) is -0.383. The minimum atomic E-state index is -1.09. The largest absolute Gasteiger partial charge is 0.384 e. The fourth-order valence-electron chi connectivity index (χ4n) is 1.62. The molecule has 1 aromatic rings. The van der Waals surface area contributed by atoms with Crippen molar-refractivity contribution in [2.75, 3.05) is 0 Å². The normalized spacial score (nSPS) is 16.5. The van der Waals surface area contributed by atoms with Crippen LogP contribution in [0.4, 0.5) is 0 Å². The molecule has 0 aliphatic heterocycles. The van der Waals surface area contributed by atoms with Gasteiger partial charge in [-0.05, 0) is 31.0 Å². The van der Waals surface area contributed by atoms with Crippen LogP contribution in [-0.4, -0.2) is 5.11 Å². The molecule has 0 saturated carbocycles. The van der Waals surface area contributed by atoms with Gasteiger partial charge in [-0.2, -0.15) is 5.26 Å². The lowest BCUT2D eigenvalue weighted by Gasteiger charge is -2.28. The Morgan fingerprint density at radius 3 is 2.73 bits per heavy atom. The van der Waals surface area contributed by atoms with Crippen molar-refractivity contribution in [3.8, 4) is 6.07 Å². The molecule has 80 valence electrons. The summed E-state index contributed by atoms with van der Waals surface area (Å²) in [4.78, 5) is 0. The van der Waals surface area contributed by atoms with E-state index in [1.165, 1.54) is 0 Å². The van der Waals surface area contributed by atoms with Crippen LogP contribution in [0, 0.1) is 17.2 Å². The summed E-state index contributed by atoms with van der Waals surface area (Å²) < 4.78 is 0.910. The first-order valence-corrected chi connectivity index (χ1v) is 5.69. The lowest BCUT2D eigenvalue weighted by molar-refractivity contribution is 0.0150. The molecule has 15 heavy (non-hydrogen) atoms. The maximum atomic E-state index is 10.3. The van der Waals surface area contributed by atoms with Crippen LogP contribution in [0.2, 0.25) is 0 Å². The highest BCUT2D eigenvalue weighted by molar-refractivity contribution is 9.10. The summed E-state index contributed by atoms with van der Waals surface area (Å²) in [6, 6.07) is 9.58. The molecule has 0 fully saturated rings. The highest BCUT2D eigenvalue weighted by atomic mass is 79.9. The van der Waals surface area contributed by atoms with Crippen molar-refractivity contribution in [1.82, 2.24) is 0 Å². The lowest BCUT2D eigenvalue weighted by atomic mass is 9.82. The number of nitriles is 1. The van der Waals surface area contributed by atoms with Gasteiger partial charge in [-0.1, -0.05) is 35.0 Å². The van der Waals surface area contributed by atoms with Crippen molar-refractivity contribution >= 4 is 15.9 Å². The van der Waals surface area contributed by atoms with Gasteiger partial charge in [0.25, 0.3) is 0 Å². The third-order valence-corrected chi connectivity index (χ3v) is 3.14. The molecular formula is C12H14BrNO. The molecule has 1 aromatic carbocycles. The zero-order valence-electron chi connectivity index (χ0n) is 8.87. The van der Waals surface area contributed by atoms with E-state index >= 15 is 0 Å². The van der Waals surface area contributed by atoms with Crippen LogP contribution < -0.4 is 0 Å². The second-order valence-corrected chi connectivity index (χ2v) is 4.66. The molecule has 2 nitrogen and oxygen atoms in total. The minimum absolute atomic E-state index is 0.383. The fourth-order valence-corrected chi connectivity index (χ4v) is 2.02. The third-order valence-electron chi connectivity index (χ3n) is 2.65. The van der Waals surface area contributed by atoms with E-state index in [2.05, 4.69) is 22.0 Å². The van der Waals surface area contributed by atoms with Gasteiger partial charge in [-0.15, -0.1) is 0 Å². The Hall–Kier alpha value is -0.850. The van der Waals surface area contributed by atoms with Crippen molar-refractivity contribution in [1.29, 1.82) is 5.26 Å². The van der Waals surface area contributed by atoms with Crippen LogP contribution in [0.1, 0.15) is 25.8 Å². The SMILES string of the molecule is CCC(C#N)C(C)(O)c1cccc(Br)c1. The van der Waals surface area contributed by atoms with E-state index in [9.17, 15) is 5.11 Å². The Bertz CT molecular complexity index is 381. The number of hydrogen-bond donors (Lipinski definition) is 1. The summed E-state index contributed by atoms with van der Waals surface area (Å²) in [6.07, 6.45) is 0.635. The molecule has 1 N–H and O–H groups in total. The Kier molecular flexibility index (Phi) is 3.90. The topological polar surface area (TPSA) is 44.0 Å². The Balaban J connectivity index is 3.10. The number of halogens is 1. The van der Waals surface area contributed by atoms with Gasteiger partial charge in [-0.25, -0.2) is 0 Å². The van der Waals surface area contributed by atoms with E-state index in [1.807, 2.05) is 31.2 Å². The van der Waals surface area contributed by atoms with Crippen LogP contribution in [0.5, 0.6) is 0 Å². The lowest BCUT2D eigenvalue weighted by Crippen LogP contribution is -2.30. The molecule has 3 heteroatoms. The average molecular weight is 268 g/mol. The summed E-state index contributed by atoms with van der Waals surface area (Å²) >= 11 is 3.35. The van der Waals surface area contributed by atoms with Crippen molar-refractivity contribution in [3.05, 3.63) is 34.3 Å². The van der Waals surface area contributed by atoms with Gasteiger partial charge in [0.15, 0.2) is 0 Å². The summed E-state index contributed by atoms with van der Waals surface area (Å²) in [7, 11) is 0. The zero-order valence-corrected chi connectivity index (χ0v) is 10.5. The molecule has 0 radical (unpaired) electrons. The predicted octanol–water partition coefficient (Wildman–Crippen LogP) is 3.21. The number of rotatable bonds is 3. The van der Waals surface area contributed by atoms with Crippen LogP contribution in [0.3, 0.4) is 0 Å². The molecule has 2 unspecified atom stereocenters. The van der Waals surface area contributed by atoms with Crippen LogP contribution in [-0.2, 0) is 5.60 Å². The predicted molar refractivity (Wildman–Crippen MR) is 63.1 cm³/mol. The first-order valence-electron chi connectivity index (χ1n) is 4.90. The molecule has 0 aliphatic carbocycles. The molecule has 0 aromatic heterocycles. The van der Waals surface area contributed by atoms with Crippen molar-refractivity contribution in [2.24, 2.45) is 5.92 Å². The monoisotopic (exact) mass is 267 g/mol. The molecule has 1 rings (SSSR count). The van der Waals surface area contributed by atoms with Gasteiger partial charge in [0.1, 0.15) is 5.60 Å². The second-order valence-electron chi connectivity index (χ2n) is 3.75. The van der Waals surface area contributed by atoms with Gasteiger partial charge in [0.05, 0.1) is 12.0 Å². The van der Waals surface area contributed by atoms with E-state index in [-0.39, 0.29) is 5.92 Å². The maximum Gasteiger partial charge on any atom is 0.103 e. The van der Waals surface area contributed by atoms with Gasteiger partial charge >= 0.3 is 0 Å². The summed E-state index contributed by atoms with van der Waals surface area (Å²) in [5, 5.41) is 19.3. The maximum absolute atomic E-state index is 10.3. The van der Waals surface area contributed by atoms with E-state index in [4.69, 9.17) is 5.26 Å². The summed E-state index contributed by atoms with van der Waals surface area (Å²) in [5.41, 5.74) is -0.321. The van der Waals surface area contributed by atoms with Crippen molar-refractivity contribution < 1.29 is 5.11 Å². The molecule has 0 heterocycles. The standard InChI is InChI=1S/C12H14BrNO/c1-3-9(8-14)12(2,15)10-5-4-6-11(13)7-10/h4-7,9,15H,3H2,1-2H3. The Labute approximate surface area is 98.7 Å². The smallest absolute Gasteiger partial charge is 0.103 e. The van der Waals surface area contributed by atoms with E-state index < -0.39 is 5.60 Å². The Morgan fingerprint density at radius 2 is 2.27 bits per heavy atom. The highest BCUT2D eigenvalue weighted by Gasteiger charge is 2.32. The van der Waals surface area contributed by atoms with E-state index in [1.54, 1.807) is 6.92 Å². The van der Waals surface area contributed by atoms with Crippen LogP contribution >= 0.6 is 15.9 Å². The van der Waals surface area contributed by atoms with E-state index in [0.29, 0.717) is 6.42 Å². The number of aliphatic hydroxyl groups is 1. The average Bonchev–Trinajstić information content (AvgIpc) is 2.19. The van der Waals surface area contributed by atoms with Gasteiger partial charge in [0.2, 0.25) is 0 Å². The van der Waals surface area contributed by atoms with Crippen LogP contribution in [0.25, 0.3) is 0 Å². The summed E-state index contributed by atoms with van der Waals surface area (Å²) in [6.45, 7) is 3.59. The molecule has 0 amide bonds. The van der Waals surface area contributed by atoms with Gasteiger partial charge in [-0.3, -0.25) is 0 Å². The van der Waals surface area contributed by atoms with Crippen LogP contribution in [0.15, 0.2) is 28.7 Å². The van der Waals surface area contributed by atoms with Gasteiger partial charge in [0, 0.05) is 4.47 Å². The first-order chi connectivity index (χ1) is 7.02. The Morgan fingerprint density at radius 1 is 1.60 bits per heavy atom. The van der Waals surface area contributed by atoms with Gasteiger partial charge < -0.3 is 5.11 Å². The van der Waals surface area contributed by atoms with Crippen molar-refractivity contribution in [2.45, 2.75) is 25.9 Å². The second kappa shape index (κ2) is 4.78. The quantitative estimate of drug-likeness (QED) is 0.914. The molecular weight excluding hydrogens is 254 g/mol.